The number of nitrogens with one attached hydrogen (secondary N) is 2. The number of benzene rings is 1. The van der Waals surface area contributed by atoms with Gasteiger partial charge >= 0.3 is 0 Å². The first kappa shape index (κ1) is 10.8. The van der Waals surface area contributed by atoms with E-state index in [-0.39, 0.29) is 5.41 Å². The summed E-state index contributed by atoms with van der Waals surface area (Å²) < 4.78 is 0. The average Bonchev–Trinajstić information content (AvgIpc) is 2.59. The summed E-state index contributed by atoms with van der Waals surface area (Å²) in [5, 5.41) is 11.3. The number of nitrogens with two attached hydrogens (primary N) is 1. The number of aromatic nitrogens is 2. The molecule has 4 nitrogen and oxygen atoms in total. The Hall–Kier alpha value is -1.71. The molecule has 1 heterocycles. The van der Waals surface area contributed by atoms with E-state index in [9.17, 15) is 0 Å². The first-order valence-electron chi connectivity index (χ1n) is 5.42. The van der Waals surface area contributed by atoms with Crippen LogP contribution in [0, 0.1) is 5.41 Å². The van der Waals surface area contributed by atoms with Crippen LogP contribution in [-0.2, 0) is 0 Å². The third kappa shape index (κ3) is 2.27. The van der Waals surface area contributed by atoms with E-state index in [1.807, 2.05) is 12.1 Å². The second-order valence-corrected chi connectivity index (χ2v) is 5.31. The van der Waals surface area contributed by atoms with E-state index >= 15 is 0 Å². The van der Waals surface area contributed by atoms with Crippen LogP contribution in [0.4, 0.5) is 11.4 Å². The molecule has 0 aliphatic rings. The van der Waals surface area contributed by atoms with Gasteiger partial charge in [0.05, 0.1) is 23.1 Å². The van der Waals surface area contributed by atoms with Crippen LogP contribution in [0.3, 0.4) is 0 Å². The van der Waals surface area contributed by atoms with Gasteiger partial charge in [0, 0.05) is 11.9 Å². The molecule has 0 radical (unpaired) electrons. The summed E-state index contributed by atoms with van der Waals surface area (Å²) in [5.74, 6) is 0. The van der Waals surface area contributed by atoms with Gasteiger partial charge in [-0.3, -0.25) is 5.10 Å². The van der Waals surface area contributed by atoms with E-state index in [1.165, 1.54) is 0 Å². The maximum absolute atomic E-state index is 5.97. The third-order valence-electron chi connectivity index (χ3n) is 2.42. The number of nitrogens with zero attached hydrogens (tertiary/aromatic N) is 1. The maximum atomic E-state index is 5.97. The molecule has 0 fully saturated rings. The first-order chi connectivity index (χ1) is 7.46. The Morgan fingerprint density at radius 1 is 1.38 bits per heavy atom. The van der Waals surface area contributed by atoms with Crippen LogP contribution in [0.1, 0.15) is 20.8 Å². The van der Waals surface area contributed by atoms with Gasteiger partial charge in [0.2, 0.25) is 0 Å². The molecule has 1 aromatic heterocycles. The quantitative estimate of drug-likeness (QED) is 0.679. The SMILES string of the molecule is CC(C)(C)CNc1cc2[nH]ncc2cc1N. The summed E-state index contributed by atoms with van der Waals surface area (Å²) in [5.41, 5.74) is 8.93. The molecule has 4 heteroatoms. The molecule has 0 atom stereocenters. The fourth-order valence-corrected chi connectivity index (χ4v) is 1.52. The zero-order chi connectivity index (χ0) is 11.8. The van der Waals surface area contributed by atoms with Crippen molar-refractivity contribution in [2.75, 3.05) is 17.6 Å². The van der Waals surface area contributed by atoms with Crippen molar-refractivity contribution in [2.45, 2.75) is 20.8 Å². The summed E-state index contributed by atoms with van der Waals surface area (Å²) in [7, 11) is 0. The lowest BCUT2D eigenvalue weighted by atomic mass is 9.97. The smallest absolute Gasteiger partial charge is 0.0672 e. The van der Waals surface area contributed by atoms with Crippen molar-refractivity contribution < 1.29 is 0 Å². The second-order valence-electron chi connectivity index (χ2n) is 5.31. The highest BCUT2D eigenvalue weighted by Gasteiger charge is 2.11. The van der Waals surface area contributed by atoms with Crippen LogP contribution in [0.2, 0.25) is 0 Å². The molecule has 86 valence electrons. The number of aromatic amines is 1. The second kappa shape index (κ2) is 3.70. The number of H-pyrrole nitrogens is 1. The summed E-state index contributed by atoms with van der Waals surface area (Å²) in [6.07, 6.45) is 1.78. The van der Waals surface area contributed by atoms with E-state index in [0.717, 1.165) is 28.8 Å². The molecule has 0 aliphatic carbocycles. The lowest BCUT2D eigenvalue weighted by molar-refractivity contribution is 0.443. The Labute approximate surface area is 95.2 Å². The Morgan fingerprint density at radius 3 is 2.81 bits per heavy atom. The third-order valence-corrected chi connectivity index (χ3v) is 2.42. The molecule has 0 spiro atoms. The van der Waals surface area contributed by atoms with Gasteiger partial charge in [-0.1, -0.05) is 20.8 Å². The van der Waals surface area contributed by atoms with Gasteiger partial charge in [-0.25, -0.2) is 0 Å². The Kier molecular flexibility index (Phi) is 2.50. The minimum absolute atomic E-state index is 0.232. The predicted octanol–water partition coefficient (Wildman–Crippen LogP) is 2.60. The lowest BCUT2D eigenvalue weighted by Crippen LogP contribution is -2.19. The molecule has 0 bridgehead atoms. The molecular weight excluding hydrogens is 200 g/mol. The molecule has 16 heavy (non-hydrogen) atoms. The van der Waals surface area contributed by atoms with Crippen LogP contribution >= 0.6 is 0 Å². The summed E-state index contributed by atoms with van der Waals surface area (Å²) >= 11 is 0. The summed E-state index contributed by atoms with van der Waals surface area (Å²) in [4.78, 5) is 0. The number of hydrogen-bond acceptors (Lipinski definition) is 3. The number of anilines is 2. The number of rotatable bonds is 2. The van der Waals surface area contributed by atoms with Crippen molar-refractivity contribution in [2.24, 2.45) is 5.41 Å². The maximum Gasteiger partial charge on any atom is 0.0672 e. The van der Waals surface area contributed by atoms with Crippen molar-refractivity contribution in [3.8, 4) is 0 Å². The van der Waals surface area contributed by atoms with E-state index in [1.54, 1.807) is 6.20 Å². The van der Waals surface area contributed by atoms with Crippen LogP contribution in [0.25, 0.3) is 10.9 Å². The highest BCUT2D eigenvalue weighted by atomic mass is 15.1. The zero-order valence-electron chi connectivity index (χ0n) is 9.96. The average molecular weight is 218 g/mol. The fraction of sp³-hybridized carbons (Fsp3) is 0.417. The van der Waals surface area contributed by atoms with Gasteiger partial charge in [0.25, 0.3) is 0 Å². The van der Waals surface area contributed by atoms with Crippen molar-refractivity contribution in [1.29, 1.82) is 0 Å². The minimum Gasteiger partial charge on any atom is -0.397 e. The topological polar surface area (TPSA) is 66.7 Å². The van der Waals surface area contributed by atoms with E-state index in [4.69, 9.17) is 5.73 Å². The normalized spacial score (nSPS) is 11.9. The van der Waals surface area contributed by atoms with Crippen molar-refractivity contribution in [3.63, 3.8) is 0 Å². The van der Waals surface area contributed by atoms with Crippen LogP contribution in [-0.4, -0.2) is 16.7 Å². The zero-order valence-corrected chi connectivity index (χ0v) is 9.96. The summed E-state index contributed by atoms with van der Waals surface area (Å²) in [6.45, 7) is 7.44. The largest absolute Gasteiger partial charge is 0.397 e. The standard InChI is InChI=1S/C12H18N4/c1-12(2,3)7-14-11-5-10-8(4-9(11)13)6-15-16-10/h4-6,14H,7,13H2,1-3H3,(H,15,16). The van der Waals surface area contributed by atoms with Crippen LogP contribution in [0.5, 0.6) is 0 Å². The van der Waals surface area contributed by atoms with Gasteiger partial charge < -0.3 is 11.1 Å². The minimum atomic E-state index is 0.232. The highest BCUT2D eigenvalue weighted by Crippen LogP contribution is 2.25. The van der Waals surface area contributed by atoms with Crippen molar-refractivity contribution in [3.05, 3.63) is 18.3 Å². The molecule has 0 aliphatic heterocycles. The summed E-state index contributed by atoms with van der Waals surface area (Å²) in [6, 6.07) is 3.94. The predicted molar refractivity (Wildman–Crippen MR) is 68.5 cm³/mol. The van der Waals surface area contributed by atoms with Gasteiger partial charge in [0.1, 0.15) is 0 Å². The van der Waals surface area contributed by atoms with Gasteiger partial charge in [0.15, 0.2) is 0 Å². The molecule has 0 saturated heterocycles. The van der Waals surface area contributed by atoms with Gasteiger partial charge in [-0.2, -0.15) is 5.10 Å². The first-order valence-corrected chi connectivity index (χ1v) is 5.42. The Morgan fingerprint density at radius 2 is 2.12 bits per heavy atom. The van der Waals surface area contributed by atoms with Crippen LogP contribution < -0.4 is 11.1 Å². The molecule has 0 unspecified atom stereocenters. The fourth-order valence-electron chi connectivity index (χ4n) is 1.52. The molecule has 2 rings (SSSR count). The lowest BCUT2D eigenvalue weighted by Gasteiger charge is -2.20. The van der Waals surface area contributed by atoms with Gasteiger partial charge in [-0.15, -0.1) is 0 Å². The molecule has 0 saturated carbocycles. The molecule has 2 aromatic rings. The molecular formula is C12H18N4. The molecule has 4 N–H and O–H groups in total. The van der Waals surface area contributed by atoms with E-state index in [0.29, 0.717) is 0 Å². The monoisotopic (exact) mass is 218 g/mol. The van der Waals surface area contributed by atoms with Gasteiger partial charge in [-0.05, 0) is 17.5 Å². The number of fused-ring (bicyclic) bond motifs is 1. The van der Waals surface area contributed by atoms with E-state index in [2.05, 4.69) is 36.3 Å². The van der Waals surface area contributed by atoms with Crippen molar-refractivity contribution >= 4 is 22.3 Å². The number of hydrogen-bond donors (Lipinski definition) is 3. The Balaban J connectivity index is 2.26. The number of nitrogen functional groups attached to an aromatic ring is 1. The highest BCUT2D eigenvalue weighted by molar-refractivity contribution is 5.88. The Bertz CT molecular complexity index is 493. The van der Waals surface area contributed by atoms with Crippen LogP contribution in [0.15, 0.2) is 18.3 Å². The molecule has 0 amide bonds. The molecule has 1 aromatic carbocycles. The van der Waals surface area contributed by atoms with Crippen molar-refractivity contribution in [1.82, 2.24) is 10.2 Å². The van der Waals surface area contributed by atoms with E-state index < -0.39 is 0 Å².